The van der Waals surface area contributed by atoms with Crippen LogP contribution in [0.15, 0.2) is 0 Å². The molecule has 2 heteroatoms. The fraction of sp³-hybridized carbons (Fsp3) is 1.00. The van der Waals surface area contributed by atoms with Gasteiger partial charge in [-0.2, -0.15) is 0 Å². The van der Waals surface area contributed by atoms with Crippen LogP contribution in [0.2, 0.25) is 0 Å². The van der Waals surface area contributed by atoms with Crippen LogP contribution in [0.25, 0.3) is 0 Å². The summed E-state index contributed by atoms with van der Waals surface area (Å²) in [4.78, 5) is 0. The third kappa shape index (κ3) is 3.85. The van der Waals surface area contributed by atoms with Crippen LogP contribution >= 0.6 is 0 Å². The second-order valence-electron chi connectivity index (χ2n) is 3.22. The van der Waals surface area contributed by atoms with Crippen LogP contribution in [0.5, 0.6) is 0 Å². The van der Waals surface area contributed by atoms with Gasteiger partial charge in [-0.1, -0.05) is 0 Å². The van der Waals surface area contributed by atoms with Crippen molar-refractivity contribution in [1.82, 2.24) is 5.32 Å². The number of aliphatic hydroxyl groups excluding tert-OH is 1. The van der Waals surface area contributed by atoms with Gasteiger partial charge < -0.3 is 10.4 Å². The fourth-order valence-corrected chi connectivity index (χ4v) is 0.991. The van der Waals surface area contributed by atoms with Crippen LogP contribution in [0, 0.1) is 0 Å². The molecule has 10 heavy (non-hydrogen) atoms. The minimum Gasteiger partial charge on any atom is -0.393 e. The molecule has 1 unspecified atom stereocenters. The van der Waals surface area contributed by atoms with E-state index in [-0.39, 0.29) is 6.10 Å². The predicted molar refractivity (Wildman–Crippen MR) is 41.9 cm³/mol. The van der Waals surface area contributed by atoms with Crippen molar-refractivity contribution in [3.8, 4) is 0 Å². The Bertz CT molecular complexity index is 85.3. The molecule has 2 N–H and O–H groups in total. The molecular weight excluding hydrogens is 126 g/mol. The van der Waals surface area contributed by atoms with Crippen LogP contribution in [0.3, 0.4) is 0 Å². The summed E-state index contributed by atoms with van der Waals surface area (Å²) in [7, 11) is 0. The number of rotatable bonds is 5. The van der Waals surface area contributed by atoms with Crippen LogP contribution in [-0.2, 0) is 0 Å². The normalized spacial score (nSPS) is 21.0. The van der Waals surface area contributed by atoms with Crippen molar-refractivity contribution < 1.29 is 5.11 Å². The van der Waals surface area contributed by atoms with E-state index in [0.29, 0.717) is 0 Å². The van der Waals surface area contributed by atoms with Crippen molar-refractivity contribution in [3.05, 3.63) is 0 Å². The van der Waals surface area contributed by atoms with Crippen LogP contribution < -0.4 is 5.32 Å². The molecule has 0 aromatic heterocycles. The largest absolute Gasteiger partial charge is 0.393 e. The average Bonchev–Trinajstić information content (AvgIpc) is 2.62. The molecule has 0 bridgehead atoms. The molecule has 2 nitrogen and oxygen atoms in total. The fourth-order valence-electron chi connectivity index (χ4n) is 0.991. The van der Waals surface area contributed by atoms with Crippen molar-refractivity contribution >= 4 is 0 Å². The minimum absolute atomic E-state index is 0.124. The van der Waals surface area contributed by atoms with Crippen molar-refractivity contribution in [2.45, 2.75) is 44.8 Å². The highest BCUT2D eigenvalue weighted by Gasteiger charge is 2.19. The highest BCUT2D eigenvalue weighted by Crippen LogP contribution is 2.18. The Labute approximate surface area is 62.6 Å². The van der Waals surface area contributed by atoms with Gasteiger partial charge in [0, 0.05) is 6.04 Å². The summed E-state index contributed by atoms with van der Waals surface area (Å²) >= 11 is 0. The number of aliphatic hydroxyl groups is 1. The Morgan fingerprint density at radius 2 is 2.30 bits per heavy atom. The third-order valence-corrected chi connectivity index (χ3v) is 1.81. The molecule has 0 aromatic rings. The van der Waals surface area contributed by atoms with E-state index in [0.717, 1.165) is 25.4 Å². The van der Waals surface area contributed by atoms with Gasteiger partial charge in [-0.15, -0.1) is 0 Å². The molecule has 60 valence electrons. The molecule has 0 aliphatic heterocycles. The summed E-state index contributed by atoms with van der Waals surface area (Å²) in [6, 6.07) is 0.814. The van der Waals surface area contributed by atoms with E-state index < -0.39 is 0 Å². The number of hydrogen-bond acceptors (Lipinski definition) is 2. The lowest BCUT2D eigenvalue weighted by Gasteiger charge is -2.03. The Kier molecular flexibility index (Phi) is 3.16. The van der Waals surface area contributed by atoms with Gasteiger partial charge in [-0.3, -0.25) is 0 Å². The predicted octanol–water partition coefficient (Wildman–Crippen LogP) is 0.899. The zero-order valence-corrected chi connectivity index (χ0v) is 6.64. The number of nitrogens with one attached hydrogen (secondary N) is 1. The van der Waals surface area contributed by atoms with E-state index in [9.17, 15) is 0 Å². The van der Waals surface area contributed by atoms with Crippen LogP contribution in [0.4, 0.5) is 0 Å². The zero-order valence-electron chi connectivity index (χ0n) is 6.64. The maximum absolute atomic E-state index is 8.91. The van der Waals surface area contributed by atoms with E-state index in [1.807, 2.05) is 6.92 Å². The summed E-state index contributed by atoms with van der Waals surface area (Å²) < 4.78 is 0. The maximum Gasteiger partial charge on any atom is 0.0512 e. The quantitative estimate of drug-likeness (QED) is 0.560. The Morgan fingerprint density at radius 3 is 2.80 bits per heavy atom. The lowest BCUT2D eigenvalue weighted by molar-refractivity contribution is 0.181. The van der Waals surface area contributed by atoms with Gasteiger partial charge in [-0.25, -0.2) is 0 Å². The minimum atomic E-state index is -0.124. The summed E-state index contributed by atoms with van der Waals surface area (Å²) in [6.45, 7) is 2.92. The van der Waals surface area contributed by atoms with Gasteiger partial charge >= 0.3 is 0 Å². The first-order valence-corrected chi connectivity index (χ1v) is 4.20. The van der Waals surface area contributed by atoms with E-state index in [4.69, 9.17) is 5.11 Å². The SMILES string of the molecule is CC(O)CCCNC1CC1. The highest BCUT2D eigenvalue weighted by atomic mass is 16.3. The number of hydrogen-bond donors (Lipinski definition) is 2. The Balaban J connectivity index is 1.76. The Hall–Kier alpha value is -0.0800. The van der Waals surface area contributed by atoms with Gasteiger partial charge in [0.1, 0.15) is 0 Å². The molecule has 1 rings (SSSR count). The van der Waals surface area contributed by atoms with E-state index in [1.165, 1.54) is 12.8 Å². The first kappa shape index (κ1) is 8.02. The molecule has 1 aliphatic rings. The van der Waals surface area contributed by atoms with Crippen molar-refractivity contribution in [2.24, 2.45) is 0 Å². The summed E-state index contributed by atoms with van der Waals surface area (Å²) in [5.74, 6) is 0. The topological polar surface area (TPSA) is 32.3 Å². The van der Waals surface area contributed by atoms with Gasteiger partial charge in [-0.05, 0) is 39.2 Å². The maximum atomic E-state index is 8.91. The average molecular weight is 143 g/mol. The molecule has 0 spiro atoms. The molecular formula is C8H17NO. The van der Waals surface area contributed by atoms with Gasteiger partial charge in [0.2, 0.25) is 0 Å². The molecule has 0 saturated heterocycles. The molecule has 1 saturated carbocycles. The Morgan fingerprint density at radius 1 is 1.60 bits per heavy atom. The van der Waals surface area contributed by atoms with Gasteiger partial charge in [0.25, 0.3) is 0 Å². The second-order valence-corrected chi connectivity index (χ2v) is 3.22. The first-order chi connectivity index (χ1) is 4.79. The summed E-state index contributed by atoms with van der Waals surface area (Å²) in [5, 5.41) is 12.3. The summed E-state index contributed by atoms with van der Waals surface area (Å²) in [6.07, 6.45) is 4.62. The zero-order chi connectivity index (χ0) is 7.40. The lowest BCUT2D eigenvalue weighted by Crippen LogP contribution is -2.18. The van der Waals surface area contributed by atoms with Crippen molar-refractivity contribution in [3.63, 3.8) is 0 Å². The monoisotopic (exact) mass is 143 g/mol. The van der Waals surface area contributed by atoms with E-state index >= 15 is 0 Å². The lowest BCUT2D eigenvalue weighted by atomic mass is 10.2. The smallest absolute Gasteiger partial charge is 0.0512 e. The molecule has 1 aliphatic carbocycles. The standard InChI is InChI=1S/C8H17NO/c1-7(10)3-2-6-9-8-4-5-8/h7-10H,2-6H2,1H3. The molecule has 0 heterocycles. The second kappa shape index (κ2) is 3.94. The van der Waals surface area contributed by atoms with Crippen LogP contribution in [0.1, 0.15) is 32.6 Å². The van der Waals surface area contributed by atoms with Crippen LogP contribution in [-0.4, -0.2) is 23.8 Å². The third-order valence-electron chi connectivity index (χ3n) is 1.81. The van der Waals surface area contributed by atoms with E-state index in [2.05, 4.69) is 5.32 Å². The first-order valence-electron chi connectivity index (χ1n) is 4.20. The summed E-state index contributed by atoms with van der Waals surface area (Å²) in [5.41, 5.74) is 0. The van der Waals surface area contributed by atoms with Gasteiger partial charge in [0.15, 0.2) is 0 Å². The molecule has 0 amide bonds. The molecule has 0 radical (unpaired) electrons. The van der Waals surface area contributed by atoms with E-state index in [1.54, 1.807) is 0 Å². The molecule has 0 aromatic carbocycles. The van der Waals surface area contributed by atoms with Crippen molar-refractivity contribution in [2.75, 3.05) is 6.54 Å². The van der Waals surface area contributed by atoms with Crippen molar-refractivity contribution in [1.29, 1.82) is 0 Å². The molecule has 1 fully saturated rings. The van der Waals surface area contributed by atoms with Gasteiger partial charge in [0.05, 0.1) is 6.10 Å². The molecule has 1 atom stereocenters. The highest BCUT2D eigenvalue weighted by molar-refractivity contribution is 4.80.